The van der Waals surface area contributed by atoms with E-state index in [0.717, 1.165) is 38.4 Å². The number of nitrogen functional groups attached to an aromatic ring is 2. The molecule has 1 fully saturated rings. The minimum Gasteiger partial charge on any atom is -0.481 e. The minimum absolute atomic E-state index is 0.0441. The predicted octanol–water partition coefficient (Wildman–Crippen LogP) is 1.37. The highest BCUT2D eigenvalue weighted by Gasteiger charge is 2.24. The standard InChI is InChI=1S/C20H24N6O.3C2H4O2/c21-19(22)16-5-1-14(2-6-16)11-25-9-10-26(18(27)13-25)12-15-3-7-17(8-4-15)20(23)24;3*1-2(3)4/h1-8H,9-13H2,(H3,21,22)(H3,23,24);3*1H3,(H,3,4). The number of carbonyl (C=O) groups excluding carboxylic acids is 1. The van der Waals surface area contributed by atoms with E-state index in [1.807, 2.05) is 53.4 Å². The topological polar surface area (TPSA) is 235 Å². The summed E-state index contributed by atoms with van der Waals surface area (Å²) in [6.07, 6.45) is 0. The maximum atomic E-state index is 12.5. The summed E-state index contributed by atoms with van der Waals surface area (Å²) >= 11 is 0. The fourth-order valence-electron chi connectivity index (χ4n) is 3.12. The predicted molar refractivity (Wildman–Crippen MR) is 146 cm³/mol. The molecule has 0 atom stereocenters. The monoisotopic (exact) mass is 544 g/mol. The van der Waals surface area contributed by atoms with Crippen molar-refractivity contribution in [3.63, 3.8) is 0 Å². The van der Waals surface area contributed by atoms with E-state index in [1.54, 1.807) is 0 Å². The van der Waals surface area contributed by atoms with Gasteiger partial charge < -0.3 is 31.7 Å². The number of nitrogens with zero attached hydrogens (tertiary/aromatic N) is 2. The number of carboxylic acids is 3. The Morgan fingerprint density at radius 3 is 1.36 bits per heavy atom. The Kier molecular flexibility index (Phi) is 15.5. The van der Waals surface area contributed by atoms with Crippen LogP contribution in [0.4, 0.5) is 0 Å². The van der Waals surface area contributed by atoms with Crippen LogP contribution in [-0.4, -0.2) is 80.2 Å². The van der Waals surface area contributed by atoms with Crippen molar-refractivity contribution >= 4 is 35.5 Å². The molecule has 39 heavy (non-hydrogen) atoms. The molecule has 0 unspecified atom stereocenters. The number of nitrogens with one attached hydrogen (secondary N) is 2. The number of aliphatic carboxylic acids is 3. The number of benzene rings is 2. The number of rotatable bonds is 6. The van der Waals surface area contributed by atoms with Crippen LogP contribution in [0, 0.1) is 10.8 Å². The van der Waals surface area contributed by atoms with Gasteiger partial charge in [0.25, 0.3) is 17.9 Å². The summed E-state index contributed by atoms with van der Waals surface area (Å²) in [5.74, 6) is -2.29. The van der Waals surface area contributed by atoms with Gasteiger partial charge in [-0.25, -0.2) is 0 Å². The van der Waals surface area contributed by atoms with E-state index >= 15 is 0 Å². The fraction of sp³-hybridized carbons (Fsp3) is 0.308. The number of hydrogen-bond acceptors (Lipinski definition) is 7. The largest absolute Gasteiger partial charge is 0.481 e. The van der Waals surface area contributed by atoms with Crippen LogP contribution >= 0.6 is 0 Å². The molecule has 0 saturated carbocycles. The molecule has 2 aromatic rings. The lowest BCUT2D eigenvalue weighted by molar-refractivity contribution is -0.137. The average Bonchev–Trinajstić information content (AvgIpc) is 2.80. The van der Waals surface area contributed by atoms with Crippen molar-refractivity contribution in [2.45, 2.75) is 33.9 Å². The van der Waals surface area contributed by atoms with Crippen molar-refractivity contribution in [3.05, 3.63) is 70.8 Å². The quantitative estimate of drug-likeness (QED) is 0.204. The number of carbonyl (C=O) groups is 4. The second-order valence-electron chi connectivity index (χ2n) is 8.30. The number of carboxylic acid groups (broad SMARTS) is 3. The summed E-state index contributed by atoms with van der Waals surface area (Å²) < 4.78 is 0. The highest BCUT2D eigenvalue weighted by atomic mass is 16.4. The van der Waals surface area contributed by atoms with Gasteiger partial charge in [-0.3, -0.25) is 34.9 Å². The van der Waals surface area contributed by atoms with E-state index in [0.29, 0.717) is 37.3 Å². The summed E-state index contributed by atoms with van der Waals surface area (Å²) in [6.45, 7) is 6.40. The lowest BCUT2D eigenvalue weighted by Crippen LogP contribution is -2.49. The van der Waals surface area contributed by atoms with E-state index in [-0.39, 0.29) is 17.6 Å². The Balaban J connectivity index is 0.00000102. The number of hydrogen-bond donors (Lipinski definition) is 7. The maximum absolute atomic E-state index is 12.5. The van der Waals surface area contributed by atoms with Gasteiger partial charge in [0.1, 0.15) is 11.7 Å². The summed E-state index contributed by atoms with van der Waals surface area (Å²) in [6, 6.07) is 15.0. The lowest BCUT2D eigenvalue weighted by atomic mass is 10.1. The van der Waals surface area contributed by atoms with Gasteiger partial charge in [0.2, 0.25) is 5.91 Å². The Hall–Kier alpha value is -4.78. The Bertz CT molecular complexity index is 1090. The second kappa shape index (κ2) is 17.6. The van der Waals surface area contributed by atoms with Crippen molar-refractivity contribution in [1.82, 2.24) is 9.80 Å². The highest BCUT2D eigenvalue weighted by Crippen LogP contribution is 2.14. The fourth-order valence-corrected chi connectivity index (χ4v) is 3.12. The maximum Gasteiger partial charge on any atom is 0.300 e. The number of amidine groups is 2. The van der Waals surface area contributed by atoms with Gasteiger partial charge in [0.15, 0.2) is 0 Å². The lowest BCUT2D eigenvalue weighted by Gasteiger charge is -2.34. The van der Waals surface area contributed by atoms with E-state index < -0.39 is 17.9 Å². The molecule has 0 aromatic heterocycles. The van der Waals surface area contributed by atoms with E-state index in [2.05, 4.69) is 4.90 Å². The Morgan fingerprint density at radius 1 is 0.718 bits per heavy atom. The molecule has 0 bridgehead atoms. The molecule has 9 N–H and O–H groups in total. The molecule has 1 heterocycles. The molecule has 0 aliphatic carbocycles. The van der Waals surface area contributed by atoms with E-state index in [9.17, 15) is 4.79 Å². The first kappa shape index (κ1) is 34.2. The molecular formula is C26H36N6O7. The van der Waals surface area contributed by atoms with E-state index in [4.69, 9.17) is 52.0 Å². The number of piperazine rings is 1. The first-order valence-electron chi connectivity index (χ1n) is 11.6. The first-order chi connectivity index (χ1) is 18.1. The number of nitrogens with two attached hydrogens (primary N) is 2. The molecule has 0 spiro atoms. The molecule has 1 amide bonds. The van der Waals surface area contributed by atoms with Crippen LogP contribution in [0.5, 0.6) is 0 Å². The van der Waals surface area contributed by atoms with Crippen LogP contribution in [0.15, 0.2) is 48.5 Å². The van der Waals surface area contributed by atoms with Crippen molar-refractivity contribution in [2.24, 2.45) is 11.5 Å². The molecule has 3 rings (SSSR count). The summed E-state index contributed by atoms with van der Waals surface area (Å²) in [7, 11) is 0. The van der Waals surface area contributed by atoms with E-state index in [1.165, 1.54) is 0 Å². The van der Waals surface area contributed by atoms with Gasteiger partial charge in [0, 0.05) is 58.1 Å². The normalized spacial score (nSPS) is 12.3. The Labute approximate surface area is 226 Å². The molecule has 2 aromatic carbocycles. The van der Waals surface area contributed by atoms with Crippen molar-refractivity contribution in [2.75, 3.05) is 19.6 Å². The van der Waals surface area contributed by atoms with Gasteiger partial charge in [-0.1, -0.05) is 48.5 Å². The number of amides is 1. The minimum atomic E-state index is -0.833. The Morgan fingerprint density at radius 2 is 1.05 bits per heavy atom. The zero-order valence-electron chi connectivity index (χ0n) is 22.2. The zero-order valence-corrected chi connectivity index (χ0v) is 22.2. The van der Waals surface area contributed by atoms with Crippen LogP contribution in [-0.2, 0) is 32.3 Å². The molecule has 212 valence electrons. The van der Waals surface area contributed by atoms with Crippen LogP contribution in [0.2, 0.25) is 0 Å². The van der Waals surface area contributed by atoms with Gasteiger partial charge >= 0.3 is 0 Å². The third kappa shape index (κ3) is 16.6. The zero-order chi connectivity index (χ0) is 30.1. The van der Waals surface area contributed by atoms with Crippen molar-refractivity contribution in [1.29, 1.82) is 10.8 Å². The average molecular weight is 545 g/mol. The molecular weight excluding hydrogens is 508 g/mol. The van der Waals surface area contributed by atoms with Crippen LogP contribution in [0.1, 0.15) is 43.0 Å². The van der Waals surface area contributed by atoms with Gasteiger partial charge in [0.05, 0.1) is 6.54 Å². The highest BCUT2D eigenvalue weighted by molar-refractivity contribution is 5.95. The third-order valence-electron chi connectivity index (χ3n) is 4.71. The third-order valence-corrected chi connectivity index (χ3v) is 4.71. The molecule has 1 aliphatic heterocycles. The molecule has 13 heteroatoms. The molecule has 13 nitrogen and oxygen atoms in total. The van der Waals surface area contributed by atoms with Crippen molar-refractivity contribution < 1.29 is 34.5 Å². The van der Waals surface area contributed by atoms with Crippen molar-refractivity contribution in [3.8, 4) is 0 Å². The van der Waals surface area contributed by atoms with Gasteiger partial charge in [-0.2, -0.15) is 0 Å². The summed E-state index contributed by atoms with van der Waals surface area (Å²) in [5.41, 5.74) is 14.5. The molecule has 0 radical (unpaired) electrons. The van der Waals surface area contributed by atoms with Crippen LogP contribution in [0.25, 0.3) is 0 Å². The van der Waals surface area contributed by atoms with Gasteiger partial charge in [-0.05, 0) is 11.1 Å². The van der Waals surface area contributed by atoms with Gasteiger partial charge in [-0.15, -0.1) is 0 Å². The second-order valence-corrected chi connectivity index (χ2v) is 8.30. The molecule has 1 saturated heterocycles. The molecule has 1 aliphatic rings. The smallest absolute Gasteiger partial charge is 0.300 e. The van der Waals surface area contributed by atoms with Crippen LogP contribution < -0.4 is 11.5 Å². The summed E-state index contributed by atoms with van der Waals surface area (Å²) in [4.78, 5) is 43.5. The SMILES string of the molecule is CC(=O)O.CC(=O)O.CC(=O)O.N=C(N)c1ccc(CN2CCN(Cc3ccc(C(=N)N)cc3)C(=O)C2)cc1. The van der Waals surface area contributed by atoms with Crippen LogP contribution in [0.3, 0.4) is 0 Å². The first-order valence-corrected chi connectivity index (χ1v) is 11.6. The summed E-state index contributed by atoms with van der Waals surface area (Å²) in [5, 5.41) is 37.1.